The molecule has 1 aliphatic heterocycles. The molecule has 0 saturated carbocycles. The molecule has 0 aromatic heterocycles. The SMILES string of the molecule is C=C(NC)c1cccc2c1NC1=CCCC=C1N2. The van der Waals surface area contributed by atoms with E-state index in [9.17, 15) is 0 Å². The van der Waals surface area contributed by atoms with Crippen LogP contribution in [0.5, 0.6) is 0 Å². The Labute approximate surface area is 107 Å². The molecule has 0 spiro atoms. The fourth-order valence-electron chi connectivity index (χ4n) is 2.37. The Hall–Kier alpha value is -2.16. The zero-order valence-corrected chi connectivity index (χ0v) is 10.5. The molecule has 0 atom stereocenters. The number of hydrogen-bond acceptors (Lipinski definition) is 3. The number of rotatable bonds is 2. The zero-order valence-electron chi connectivity index (χ0n) is 10.5. The molecule has 0 bridgehead atoms. The summed E-state index contributed by atoms with van der Waals surface area (Å²) in [7, 11) is 1.89. The smallest absolute Gasteiger partial charge is 0.0718 e. The molecule has 0 amide bonds. The number of para-hydroxylation sites is 1. The topological polar surface area (TPSA) is 36.1 Å². The van der Waals surface area contributed by atoms with Crippen LogP contribution in [0, 0.1) is 0 Å². The molecule has 1 heterocycles. The van der Waals surface area contributed by atoms with Crippen molar-refractivity contribution in [3.8, 4) is 0 Å². The van der Waals surface area contributed by atoms with Gasteiger partial charge in [0, 0.05) is 18.3 Å². The van der Waals surface area contributed by atoms with Crippen molar-refractivity contribution < 1.29 is 0 Å². The molecule has 3 rings (SSSR count). The second-order valence-corrected chi connectivity index (χ2v) is 4.52. The Morgan fingerprint density at radius 1 is 1.17 bits per heavy atom. The van der Waals surface area contributed by atoms with Crippen molar-refractivity contribution in [3.05, 3.63) is 53.9 Å². The Morgan fingerprint density at radius 2 is 1.89 bits per heavy atom. The van der Waals surface area contributed by atoms with Crippen LogP contribution in [0.15, 0.2) is 48.3 Å². The van der Waals surface area contributed by atoms with Gasteiger partial charge in [0.25, 0.3) is 0 Å². The van der Waals surface area contributed by atoms with Gasteiger partial charge in [-0.15, -0.1) is 0 Å². The van der Waals surface area contributed by atoms with Gasteiger partial charge in [-0.3, -0.25) is 0 Å². The molecule has 1 aromatic carbocycles. The largest absolute Gasteiger partial charge is 0.388 e. The number of allylic oxidation sites excluding steroid dienone is 2. The van der Waals surface area contributed by atoms with Crippen LogP contribution in [-0.2, 0) is 0 Å². The lowest BCUT2D eigenvalue weighted by atomic mass is 10.0. The second kappa shape index (κ2) is 4.26. The minimum absolute atomic E-state index is 0.921. The lowest BCUT2D eigenvalue weighted by Gasteiger charge is -2.29. The van der Waals surface area contributed by atoms with E-state index < -0.39 is 0 Å². The van der Waals surface area contributed by atoms with Crippen LogP contribution >= 0.6 is 0 Å². The quantitative estimate of drug-likeness (QED) is 0.741. The summed E-state index contributed by atoms with van der Waals surface area (Å²) in [5.74, 6) is 0. The fraction of sp³-hybridized carbons (Fsp3) is 0.200. The molecule has 2 aliphatic rings. The van der Waals surface area contributed by atoms with Gasteiger partial charge in [-0.05, 0) is 18.9 Å². The van der Waals surface area contributed by atoms with E-state index >= 15 is 0 Å². The van der Waals surface area contributed by atoms with Crippen molar-refractivity contribution in [1.29, 1.82) is 0 Å². The maximum atomic E-state index is 4.04. The number of nitrogens with one attached hydrogen (secondary N) is 3. The van der Waals surface area contributed by atoms with Gasteiger partial charge < -0.3 is 16.0 Å². The maximum absolute atomic E-state index is 4.04. The van der Waals surface area contributed by atoms with Crippen LogP contribution in [0.1, 0.15) is 18.4 Å². The van der Waals surface area contributed by atoms with Gasteiger partial charge in [0.05, 0.1) is 22.8 Å². The molecule has 1 aliphatic carbocycles. The first-order chi connectivity index (χ1) is 8.79. The molecular formula is C15H17N3. The van der Waals surface area contributed by atoms with Crippen LogP contribution in [0.3, 0.4) is 0 Å². The molecule has 18 heavy (non-hydrogen) atoms. The molecule has 92 valence electrons. The summed E-state index contributed by atoms with van der Waals surface area (Å²) in [6.07, 6.45) is 6.68. The van der Waals surface area contributed by atoms with Gasteiger partial charge in [-0.1, -0.05) is 30.9 Å². The lowest BCUT2D eigenvalue weighted by Crippen LogP contribution is -2.20. The molecule has 1 aromatic rings. The van der Waals surface area contributed by atoms with Crippen molar-refractivity contribution >= 4 is 17.1 Å². The molecular weight excluding hydrogens is 222 g/mol. The predicted octanol–water partition coefficient (Wildman–Crippen LogP) is 3.28. The average Bonchev–Trinajstić information content (AvgIpc) is 2.43. The highest BCUT2D eigenvalue weighted by Gasteiger charge is 2.20. The third kappa shape index (κ3) is 1.68. The third-order valence-electron chi connectivity index (χ3n) is 3.37. The highest BCUT2D eigenvalue weighted by molar-refractivity contribution is 5.88. The average molecular weight is 239 g/mol. The van der Waals surface area contributed by atoms with Gasteiger partial charge in [0.15, 0.2) is 0 Å². The molecule has 0 saturated heterocycles. The van der Waals surface area contributed by atoms with Crippen molar-refractivity contribution in [2.75, 3.05) is 17.7 Å². The lowest BCUT2D eigenvalue weighted by molar-refractivity contribution is 0.988. The van der Waals surface area contributed by atoms with E-state index in [-0.39, 0.29) is 0 Å². The summed E-state index contributed by atoms with van der Waals surface area (Å²) < 4.78 is 0. The van der Waals surface area contributed by atoms with Crippen molar-refractivity contribution in [2.45, 2.75) is 12.8 Å². The van der Waals surface area contributed by atoms with Crippen molar-refractivity contribution in [1.82, 2.24) is 5.32 Å². The summed E-state index contributed by atoms with van der Waals surface area (Å²) in [5, 5.41) is 10.1. The molecule has 0 fully saturated rings. The van der Waals surface area contributed by atoms with E-state index in [2.05, 4.69) is 46.8 Å². The van der Waals surface area contributed by atoms with E-state index in [4.69, 9.17) is 0 Å². The minimum Gasteiger partial charge on any atom is -0.388 e. The normalized spacial score (nSPS) is 16.3. The van der Waals surface area contributed by atoms with Gasteiger partial charge in [-0.2, -0.15) is 0 Å². The van der Waals surface area contributed by atoms with E-state index in [1.807, 2.05) is 13.1 Å². The van der Waals surface area contributed by atoms with Gasteiger partial charge in [0.1, 0.15) is 0 Å². The molecule has 0 unspecified atom stereocenters. The van der Waals surface area contributed by atoms with Gasteiger partial charge >= 0.3 is 0 Å². The van der Waals surface area contributed by atoms with Crippen molar-refractivity contribution in [3.63, 3.8) is 0 Å². The Balaban J connectivity index is 2.08. The van der Waals surface area contributed by atoms with Crippen molar-refractivity contribution in [2.24, 2.45) is 0 Å². The third-order valence-corrected chi connectivity index (χ3v) is 3.37. The second-order valence-electron chi connectivity index (χ2n) is 4.52. The fourth-order valence-corrected chi connectivity index (χ4v) is 2.37. The number of fused-ring (bicyclic) bond motifs is 2. The Bertz CT molecular complexity index is 567. The molecule has 3 nitrogen and oxygen atoms in total. The summed E-state index contributed by atoms with van der Waals surface area (Å²) >= 11 is 0. The summed E-state index contributed by atoms with van der Waals surface area (Å²) in [6.45, 7) is 4.04. The highest BCUT2D eigenvalue weighted by Crippen LogP contribution is 2.38. The van der Waals surface area contributed by atoms with Crippen LogP contribution in [0.2, 0.25) is 0 Å². The Kier molecular flexibility index (Phi) is 2.59. The first-order valence-electron chi connectivity index (χ1n) is 6.24. The highest BCUT2D eigenvalue weighted by atomic mass is 15.1. The standard InChI is InChI=1S/C15H17N3/c1-10(16-2)11-6-5-9-14-15(11)18-13-8-4-3-7-12(13)17-14/h5-9,16-18H,1,3-4H2,2H3. The summed E-state index contributed by atoms with van der Waals surface area (Å²) in [6, 6.07) is 6.20. The zero-order chi connectivity index (χ0) is 12.5. The number of anilines is 2. The van der Waals surface area contributed by atoms with Crippen LogP contribution in [-0.4, -0.2) is 7.05 Å². The van der Waals surface area contributed by atoms with E-state index in [1.54, 1.807) is 0 Å². The minimum atomic E-state index is 0.921. The first kappa shape index (κ1) is 11.0. The summed E-state index contributed by atoms with van der Waals surface area (Å²) in [4.78, 5) is 0. The molecule has 3 heteroatoms. The van der Waals surface area contributed by atoms with Crippen LogP contribution in [0.25, 0.3) is 5.70 Å². The number of benzene rings is 1. The monoisotopic (exact) mass is 239 g/mol. The van der Waals surface area contributed by atoms with E-state index in [0.29, 0.717) is 0 Å². The first-order valence-corrected chi connectivity index (χ1v) is 6.24. The van der Waals surface area contributed by atoms with Gasteiger partial charge in [0.2, 0.25) is 0 Å². The van der Waals surface area contributed by atoms with Crippen LogP contribution < -0.4 is 16.0 Å². The van der Waals surface area contributed by atoms with E-state index in [0.717, 1.165) is 35.5 Å². The van der Waals surface area contributed by atoms with E-state index in [1.165, 1.54) is 11.4 Å². The molecule has 3 N–H and O–H groups in total. The molecule has 0 radical (unpaired) electrons. The Morgan fingerprint density at radius 3 is 2.61 bits per heavy atom. The summed E-state index contributed by atoms with van der Waals surface area (Å²) in [5.41, 5.74) is 6.58. The predicted molar refractivity (Wildman–Crippen MR) is 77.2 cm³/mol. The van der Waals surface area contributed by atoms with Crippen LogP contribution in [0.4, 0.5) is 11.4 Å². The number of hydrogen-bond donors (Lipinski definition) is 3. The maximum Gasteiger partial charge on any atom is 0.0718 e. The van der Waals surface area contributed by atoms with Gasteiger partial charge in [-0.25, -0.2) is 0 Å².